The fourth-order valence-corrected chi connectivity index (χ4v) is 2.12. The lowest BCUT2D eigenvalue weighted by atomic mass is 10.9. The molecule has 0 spiro atoms. The van der Waals surface area contributed by atoms with Gasteiger partial charge < -0.3 is 14.5 Å². The molecule has 0 aliphatic heterocycles. The third-order valence-corrected chi connectivity index (χ3v) is 2.54. The second-order valence-electron chi connectivity index (χ2n) is 1.93. The molecule has 0 saturated carbocycles. The summed E-state index contributed by atoms with van der Waals surface area (Å²) in [5, 5.41) is 0. The van der Waals surface area contributed by atoms with E-state index in [1.54, 1.807) is 6.92 Å². The van der Waals surface area contributed by atoms with Gasteiger partial charge in [-0.05, 0) is 6.92 Å². The Morgan fingerprint density at radius 2 is 2.17 bits per heavy atom. The third-order valence-electron chi connectivity index (χ3n) is 0.850. The van der Waals surface area contributed by atoms with Crippen molar-refractivity contribution in [2.75, 3.05) is 13.0 Å². The van der Waals surface area contributed by atoms with Crippen LogP contribution in [0, 0.1) is 0 Å². The van der Waals surface area contributed by atoms with Crippen LogP contribution >= 0.6 is 15.4 Å². The van der Waals surface area contributed by atoms with E-state index >= 15 is 0 Å². The molecule has 1 unspecified atom stereocenters. The molecule has 70 valence electrons. The summed E-state index contributed by atoms with van der Waals surface area (Å²) in [6.07, 6.45) is 0.00231. The van der Waals surface area contributed by atoms with E-state index < -0.39 is 15.4 Å². The molecule has 0 aromatic heterocycles. The summed E-state index contributed by atoms with van der Waals surface area (Å²) in [7, 11) is -5.97. The molecule has 0 saturated heterocycles. The summed E-state index contributed by atoms with van der Waals surface area (Å²) >= 11 is 0. The summed E-state index contributed by atoms with van der Waals surface area (Å²) in [6, 6.07) is 0. The van der Waals surface area contributed by atoms with Gasteiger partial charge in [0.2, 0.25) is 6.35 Å². The number of hydrogen-bond acceptors (Lipinski definition) is 3. The van der Waals surface area contributed by atoms with Crippen molar-refractivity contribution in [3.05, 3.63) is 11.6 Å². The van der Waals surface area contributed by atoms with Crippen molar-refractivity contribution in [3.63, 3.8) is 0 Å². The molecule has 0 aromatic rings. The second-order valence-corrected chi connectivity index (χ2v) is 4.79. The molecule has 0 radical (unpaired) electrons. The van der Waals surface area contributed by atoms with Crippen molar-refractivity contribution in [3.8, 4) is 0 Å². The predicted octanol–water partition coefficient (Wildman–Crippen LogP) is 1.46. The van der Waals surface area contributed by atoms with Gasteiger partial charge in [0.1, 0.15) is 0 Å². The zero-order chi connectivity index (χ0) is 9.61. The Balaban J connectivity index is 3.85. The quantitative estimate of drug-likeness (QED) is 0.675. The fraction of sp³-hybridized carbons (Fsp3) is 0.600. The topological polar surface area (TPSA) is 83.8 Å². The minimum atomic E-state index is -4.17. The Hall–Kier alpha value is -0.0500. The van der Waals surface area contributed by atoms with Crippen LogP contribution in [0.3, 0.4) is 0 Å². The van der Waals surface area contributed by atoms with Crippen LogP contribution in [0.2, 0.25) is 0 Å². The molecule has 12 heavy (non-hydrogen) atoms. The lowest BCUT2D eigenvalue weighted by molar-refractivity contribution is 0.194. The Labute approximate surface area is 71.4 Å². The Morgan fingerprint density at radius 3 is 2.58 bits per heavy atom. The van der Waals surface area contributed by atoms with Gasteiger partial charge in [0.25, 0.3) is 0 Å². The molecule has 7 heteroatoms. The highest BCUT2D eigenvalue weighted by atomic mass is 31.2. The zero-order valence-electron chi connectivity index (χ0n) is 6.58. The first kappa shape index (κ1) is 11.9. The van der Waals surface area contributed by atoms with Crippen molar-refractivity contribution < 1.29 is 23.7 Å². The number of rotatable bonds is 5. The standard InChI is InChI=1S/C5H10O5P2/c1-2-10-5-11(6)3-4-12(7,8)9/h3-4H,2,5H2,1H3,(H-,7,8,9)/p+1. The van der Waals surface area contributed by atoms with Crippen molar-refractivity contribution in [1.29, 1.82) is 0 Å². The van der Waals surface area contributed by atoms with Gasteiger partial charge in [-0.3, -0.25) is 4.57 Å². The van der Waals surface area contributed by atoms with Crippen molar-refractivity contribution in [2.45, 2.75) is 6.92 Å². The maximum Gasteiger partial charge on any atom is 0.397 e. The first-order valence-electron chi connectivity index (χ1n) is 3.22. The molecular formula is C5H11O5P2+. The summed E-state index contributed by atoms with van der Waals surface area (Å²) in [5.74, 6) is 1.61. The van der Waals surface area contributed by atoms with Gasteiger partial charge in [-0.1, -0.05) is 4.57 Å². The van der Waals surface area contributed by atoms with E-state index in [0.29, 0.717) is 12.4 Å². The summed E-state index contributed by atoms with van der Waals surface area (Å²) in [5.41, 5.74) is 0. The Kier molecular flexibility index (Phi) is 5.55. The maximum absolute atomic E-state index is 10.8. The highest BCUT2D eigenvalue weighted by molar-refractivity contribution is 7.57. The van der Waals surface area contributed by atoms with Gasteiger partial charge in [-0.2, -0.15) is 0 Å². The van der Waals surface area contributed by atoms with Gasteiger partial charge in [0, 0.05) is 6.61 Å². The Morgan fingerprint density at radius 1 is 1.58 bits per heavy atom. The largest absolute Gasteiger partial charge is 0.397 e. The van der Waals surface area contributed by atoms with Crippen LogP contribution in [0.25, 0.3) is 0 Å². The van der Waals surface area contributed by atoms with E-state index in [9.17, 15) is 9.13 Å². The van der Waals surface area contributed by atoms with Crippen LogP contribution in [0.15, 0.2) is 11.6 Å². The van der Waals surface area contributed by atoms with E-state index in [0.717, 1.165) is 5.82 Å². The van der Waals surface area contributed by atoms with Crippen LogP contribution in [-0.4, -0.2) is 22.7 Å². The van der Waals surface area contributed by atoms with Gasteiger partial charge in [0.15, 0.2) is 5.82 Å². The van der Waals surface area contributed by atoms with Crippen molar-refractivity contribution in [1.82, 2.24) is 0 Å². The number of hydrogen-bond donors (Lipinski definition) is 2. The predicted molar refractivity (Wildman–Crippen MR) is 45.3 cm³/mol. The van der Waals surface area contributed by atoms with Crippen molar-refractivity contribution in [2.24, 2.45) is 0 Å². The minimum Gasteiger partial charge on any atom is -0.337 e. The van der Waals surface area contributed by atoms with E-state index in [4.69, 9.17) is 14.5 Å². The summed E-state index contributed by atoms with van der Waals surface area (Å²) in [4.78, 5) is 16.7. The average molecular weight is 213 g/mol. The molecule has 0 heterocycles. The highest BCUT2D eigenvalue weighted by Crippen LogP contribution is 2.39. The second kappa shape index (κ2) is 5.57. The van der Waals surface area contributed by atoms with E-state index in [1.807, 2.05) is 0 Å². The first-order chi connectivity index (χ1) is 5.45. The van der Waals surface area contributed by atoms with Crippen LogP contribution in [-0.2, 0) is 13.9 Å². The van der Waals surface area contributed by atoms with Crippen LogP contribution in [0.5, 0.6) is 0 Å². The van der Waals surface area contributed by atoms with Crippen LogP contribution in [0.1, 0.15) is 6.92 Å². The lowest BCUT2D eigenvalue weighted by Gasteiger charge is -1.89. The molecule has 1 atom stereocenters. The molecule has 0 aliphatic carbocycles. The fourth-order valence-electron chi connectivity index (χ4n) is 0.385. The van der Waals surface area contributed by atoms with Crippen molar-refractivity contribution >= 4 is 15.4 Å². The molecule has 0 bridgehead atoms. The smallest absolute Gasteiger partial charge is 0.337 e. The maximum atomic E-state index is 10.8. The summed E-state index contributed by atoms with van der Waals surface area (Å²) in [6.45, 7) is 2.18. The first-order valence-corrected chi connectivity index (χ1v) is 6.41. The van der Waals surface area contributed by atoms with Crippen LogP contribution in [0.4, 0.5) is 0 Å². The minimum absolute atomic E-state index is 0.00231. The summed E-state index contributed by atoms with van der Waals surface area (Å²) < 4.78 is 25.9. The molecule has 0 amide bonds. The Bertz CT molecular complexity index is 218. The SMILES string of the molecule is CCOC[P+](=O)C=CP(=O)(O)O. The average Bonchev–Trinajstić information content (AvgIpc) is 1.95. The molecular weight excluding hydrogens is 202 g/mol. The van der Waals surface area contributed by atoms with Gasteiger partial charge in [-0.15, -0.1) is 0 Å². The molecule has 0 aromatic carbocycles. The third kappa shape index (κ3) is 8.05. The normalized spacial score (nSPS) is 13.8. The highest BCUT2D eigenvalue weighted by Gasteiger charge is 2.14. The van der Waals surface area contributed by atoms with E-state index in [2.05, 4.69) is 0 Å². The van der Waals surface area contributed by atoms with Crippen LogP contribution < -0.4 is 0 Å². The zero-order valence-corrected chi connectivity index (χ0v) is 8.37. The van der Waals surface area contributed by atoms with Gasteiger partial charge in [0.05, 0.1) is 5.82 Å². The van der Waals surface area contributed by atoms with E-state index in [1.165, 1.54) is 0 Å². The van der Waals surface area contributed by atoms with E-state index in [-0.39, 0.29) is 6.35 Å². The van der Waals surface area contributed by atoms with Gasteiger partial charge >= 0.3 is 15.4 Å². The monoisotopic (exact) mass is 213 g/mol. The lowest BCUT2D eigenvalue weighted by Crippen LogP contribution is -1.85. The molecule has 5 nitrogen and oxygen atoms in total. The molecule has 0 fully saturated rings. The van der Waals surface area contributed by atoms with Gasteiger partial charge in [-0.25, -0.2) is 0 Å². The molecule has 0 aliphatic rings. The number of ether oxygens (including phenoxy) is 1. The molecule has 0 rings (SSSR count). The molecule has 2 N–H and O–H groups in total.